The molecule has 0 bridgehead atoms. The molecule has 0 aliphatic heterocycles. The van der Waals surface area contributed by atoms with E-state index in [2.05, 4.69) is 48.6 Å². The number of fused-ring (bicyclic) bond motifs is 1. The van der Waals surface area contributed by atoms with Crippen molar-refractivity contribution in [3.63, 3.8) is 0 Å². The number of rotatable bonds is 7. The van der Waals surface area contributed by atoms with Crippen molar-refractivity contribution in [2.24, 2.45) is 0 Å². The van der Waals surface area contributed by atoms with Crippen molar-refractivity contribution in [2.45, 2.75) is 40.3 Å². The fraction of sp³-hybridized carbons (Fsp3) is 0.304. The summed E-state index contributed by atoms with van der Waals surface area (Å²) in [5, 5.41) is 13.1. The highest BCUT2D eigenvalue weighted by molar-refractivity contribution is 9.10. The summed E-state index contributed by atoms with van der Waals surface area (Å²) < 4.78 is 4.69. The molecule has 4 rings (SSSR count). The smallest absolute Gasteiger partial charge is 0.241 e. The Morgan fingerprint density at radius 2 is 1.77 bits per heavy atom. The lowest BCUT2D eigenvalue weighted by atomic mass is 10.0. The molecular weight excluding hydrogens is 456 g/mol. The minimum Gasteiger partial charge on any atom is -0.354 e. The number of hydrogen-bond acceptors (Lipinski definition) is 4. The number of aromatic nitrogens is 5. The van der Waals surface area contributed by atoms with Gasteiger partial charge in [0.05, 0.1) is 15.9 Å². The molecule has 0 radical (unpaired) electrons. The normalized spacial score (nSPS) is 11.2. The maximum absolute atomic E-state index is 12.5. The number of pyridine rings is 1. The molecule has 0 unspecified atom stereocenters. The van der Waals surface area contributed by atoms with Gasteiger partial charge in [0, 0.05) is 30.4 Å². The minimum absolute atomic E-state index is 0.0779. The predicted molar refractivity (Wildman–Crippen MR) is 125 cm³/mol. The van der Waals surface area contributed by atoms with Crippen molar-refractivity contribution >= 4 is 32.9 Å². The molecule has 0 saturated carbocycles. The van der Waals surface area contributed by atoms with E-state index in [0.717, 1.165) is 56.7 Å². The van der Waals surface area contributed by atoms with Crippen LogP contribution in [0.25, 0.3) is 22.2 Å². The molecule has 0 aliphatic carbocycles. The molecule has 7 nitrogen and oxygen atoms in total. The van der Waals surface area contributed by atoms with E-state index in [4.69, 9.17) is 0 Å². The second-order valence-corrected chi connectivity index (χ2v) is 8.37. The largest absolute Gasteiger partial charge is 0.354 e. The van der Waals surface area contributed by atoms with Crippen LogP contribution in [0.15, 0.2) is 47.1 Å². The van der Waals surface area contributed by atoms with Gasteiger partial charge in [0.2, 0.25) is 5.91 Å². The number of carbonyl (C=O) groups is 1. The summed E-state index contributed by atoms with van der Waals surface area (Å²) in [5.41, 5.74) is 5.85. The summed E-state index contributed by atoms with van der Waals surface area (Å²) in [7, 11) is 0. The quantitative estimate of drug-likeness (QED) is 0.402. The van der Waals surface area contributed by atoms with Gasteiger partial charge in [0.25, 0.3) is 0 Å². The zero-order valence-electron chi connectivity index (χ0n) is 17.9. The molecule has 4 aromatic rings. The molecule has 0 spiro atoms. The summed E-state index contributed by atoms with van der Waals surface area (Å²) in [6, 6.07) is 12.2. The van der Waals surface area contributed by atoms with Crippen LogP contribution in [-0.2, 0) is 17.9 Å². The molecule has 0 atom stereocenters. The Bertz CT molecular complexity index is 1230. The number of amides is 1. The number of aryl methyl sites for hydroxylation is 3. The molecule has 31 heavy (non-hydrogen) atoms. The third kappa shape index (κ3) is 4.39. The Hall–Kier alpha value is -3.00. The third-order valence-electron chi connectivity index (χ3n) is 5.35. The van der Waals surface area contributed by atoms with E-state index in [9.17, 15) is 4.79 Å². The van der Waals surface area contributed by atoms with Gasteiger partial charge in [0.1, 0.15) is 6.54 Å². The lowest BCUT2D eigenvalue weighted by Gasteiger charge is -2.08. The van der Waals surface area contributed by atoms with Crippen LogP contribution < -0.4 is 5.32 Å². The summed E-state index contributed by atoms with van der Waals surface area (Å²) in [5.74, 6) is -0.0779. The van der Waals surface area contributed by atoms with Gasteiger partial charge in [-0.1, -0.05) is 30.3 Å². The van der Waals surface area contributed by atoms with Gasteiger partial charge in [-0.25, -0.2) is 9.67 Å². The Labute approximate surface area is 189 Å². The van der Waals surface area contributed by atoms with Crippen LogP contribution >= 0.6 is 15.9 Å². The molecule has 8 heteroatoms. The number of nitrogens with zero attached hydrogens (tertiary/aromatic N) is 5. The monoisotopic (exact) mass is 480 g/mol. The molecule has 160 valence electrons. The van der Waals surface area contributed by atoms with E-state index < -0.39 is 0 Å². The van der Waals surface area contributed by atoms with Gasteiger partial charge in [-0.3, -0.25) is 9.48 Å². The van der Waals surface area contributed by atoms with E-state index >= 15 is 0 Å². The maximum Gasteiger partial charge on any atom is 0.241 e. The molecule has 3 aromatic heterocycles. The van der Waals surface area contributed by atoms with E-state index in [-0.39, 0.29) is 12.5 Å². The first-order valence-electron chi connectivity index (χ1n) is 10.3. The molecule has 1 N–H and O–H groups in total. The Balaban J connectivity index is 1.42. The van der Waals surface area contributed by atoms with Crippen molar-refractivity contribution in [1.29, 1.82) is 0 Å². The number of halogens is 1. The van der Waals surface area contributed by atoms with Gasteiger partial charge in [-0.2, -0.15) is 10.2 Å². The van der Waals surface area contributed by atoms with Crippen LogP contribution in [0.1, 0.15) is 23.5 Å². The zero-order valence-corrected chi connectivity index (χ0v) is 19.5. The molecule has 3 heterocycles. The van der Waals surface area contributed by atoms with Gasteiger partial charge in [0.15, 0.2) is 5.65 Å². The molecule has 0 aliphatic rings. The first-order valence-corrected chi connectivity index (χ1v) is 11.1. The van der Waals surface area contributed by atoms with Crippen molar-refractivity contribution < 1.29 is 4.79 Å². The molecular formula is C23H25BrN6O. The second-order valence-electron chi connectivity index (χ2n) is 7.58. The number of benzene rings is 1. The molecule has 1 aromatic carbocycles. The van der Waals surface area contributed by atoms with Crippen molar-refractivity contribution in [3.05, 3.63) is 64.1 Å². The first-order chi connectivity index (χ1) is 15.0. The highest BCUT2D eigenvalue weighted by atomic mass is 79.9. The first kappa shape index (κ1) is 21.2. The zero-order chi connectivity index (χ0) is 22.0. The van der Waals surface area contributed by atoms with E-state index in [1.54, 1.807) is 10.9 Å². The van der Waals surface area contributed by atoms with Gasteiger partial charge >= 0.3 is 0 Å². The lowest BCUT2D eigenvalue weighted by molar-refractivity contribution is -0.121. The summed E-state index contributed by atoms with van der Waals surface area (Å²) in [6.45, 7) is 7.44. The molecule has 1 amide bonds. The summed E-state index contributed by atoms with van der Waals surface area (Å²) >= 11 is 3.54. The van der Waals surface area contributed by atoms with Crippen molar-refractivity contribution in [1.82, 2.24) is 29.9 Å². The third-order valence-corrected chi connectivity index (χ3v) is 6.50. The van der Waals surface area contributed by atoms with Crippen LogP contribution in [0, 0.1) is 20.8 Å². The molecule has 0 fully saturated rings. The van der Waals surface area contributed by atoms with Gasteiger partial charge < -0.3 is 5.32 Å². The maximum atomic E-state index is 12.5. The van der Waals surface area contributed by atoms with Crippen molar-refractivity contribution in [3.8, 4) is 11.1 Å². The van der Waals surface area contributed by atoms with Crippen molar-refractivity contribution in [2.75, 3.05) is 6.54 Å². The van der Waals surface area contributed by atoms with E-state index in [1.807, 2.05) is 49.7 Å². The van der Waals surface area contributed by atoms with E-state index in [1.165, 1.54) is 0 Å². The fourth-order valence-electron chi connectivity index (χ4n) is 3.79. The van der Waals surface area contributed by atoms with Crippen LogP contribution in [0.4, 0.5) is 0 Å². The average Bonchev–Trinajstić information content (AvgIpc) is 3.22. The number of hydrogen-bond donors (Lipinski definition) is 1. The standard InChI is InChI=1S/C23H25BrN6O/c1-15-21-19(18-8-5-4-6-9-18)10-12-26-23(21)30(27-15)14-20(31)25-11-7-13-29-17(3)22(24)16(2)28-29/h4-6,8-10,12H,7,11,13-14H2,1-3H3,(H,25,31). The highest BCUT2D eigenvalue weighted by Crippen LogP contribution is 2.29. The SMILES string of the molecule is Cc1nn(CCCNC(=O)Cn2nc(C)c3c(-c4ccccc4)ccnc32)c(C)c1Br. The Morgan fingerprint density at radius 1 is 1.03 bits per heavy atom. The molecule has 0 saturated heterocycles. The lowest BCUT2D eigenvalue weighted by Crippen LogP contribution is -2.29. The highest BCUT2D eigenvalue weighted by Gasteiger charge is 2.16. The second kappa shape index (κ2) is 9.01. The topological polar surface area (TPSA) is 77.6 Å². The average molecular weight is 481 g/mol. The Kier molecular flexibility index (Phi) is 6.18. The summed E-state index contributed by atoms with van der Waals surface area (Å²) in [4.78, 5) is 17.0. The Morgan fingerprint density at radius 3 is 2.48 bits per heavy atom. The number of nitrogens with one attached hydrogen (secondary N) is 1. The van der Waals surface area contributed by atoms with Gasteiger partial charge in [-0.15, -0.1) is 0 Å². The predicted octanol–water partition coefficient (Wildman–Crippen LogP) is 4.19. The van der Waals surface area contributed by atoms with Crippen LogP contribution in [0.2, 0.25) is 0 Å². The van der Waals surface area contributed by atoms with Crippen LogP contribution in [-0.4, -0.2) is 37.0 Å². The van der Waals surface area contributed by atoms with E-state index in [0.29, 0.717) is 6.54 Å². The van der Waals surface area contributed by atoms with Crippen LogP contribution in [0.3, 0.4) is 0 Å². The summed E-state index contributed by atoms with van der Waals surface area (Å²) in [6.07, 6.45) is 2.57. The van der Waals surface area contributed by atoms with Gasteiger partial charge in [-0.05, 0) is 60.3 Å². The number of carbonyl (C=O) groups excluding carboxylic acids is 1. The fourth-order valence-corrected chi connectivity index (χ4v) is 4.08. The minimum atomic E-state index is -0.0779. The van der Waals surface area contributed by atoms with Crippen LogP contribution in [0.5, 0.6) is 0 Å².